The van der Waals surface area contributed by atoms with Crippen LogP contribution in [0.1, 0.15) is 83.3 Å². The Balaban J connectivity index is 1.63. The fourth-order valence-corrected chi connectivity index (χ4v) is 11.0. The summed E-state index contributed by atoms with van der Waals surface area (Å²) in [5.74, 6) is -1.01. The zero-order chi connectivity index (χ0) is 53.9. The van der Waals surface area contributed by atoms with E-state index in [1.54, 1.807) is 55.7 Å². The van der Waals surface area contributed by atoms with Crippen LogP contribution in [0.25, 0.3) is 0 Å². The molecular formula is C49H71N2O18S4+. The van der Waals surface area contributed by atoms with Crippen LogP contribution in [0.15, 0.2) is 94.4 Å². The third-order valence-corrected chi connectivity index (χ3v) is 15.9. The van der Waals surface area contributed by atoms with Gasteiger partial charge >= 0.3 is 0 Å². The van der Waals surface area contributed by atoms with E-state index in [1.807, 2.05) is 29.4 Å². The lowest BCUT2D eigenvalue weighted by Crippen LogP contribution is -2.32. The van der Waals surface area contributed by atoms with Gasteiger partial charge in [-0.25, -0.2) is 0 Å². The fraction of sp³-hybridized carbons (Fsp3) is 0.551. The molecule has 0 spiro atoms. The minimum Gasteiger partial charge on any atom is -0.382 e. The second-order valence-corrected chi connectivity index (χ2v) is 24.1. The molecule has 0 amide bonds. The van der Waals surface area contributed by atoms with E-state index in [4.69, 9.17) is 23.7 Å². The highest BCUT2D eigenvalue weighted by Gasteiger charge is 2.48. The number of ether oxygens (including phenoxy) is 5. The number of ketones is 1. The maximum Gasteiger partial charge on any atom is 0.294 e. The number of hydrogen-bond acceptors (Lipinski definition) is 15. The summed E-state index contributed by atoms with van der Waals surface area (Å²) in [5, 5.41) is 0. The van der Waals surface area contributed by atoms with Gasteiger partial charge in [-0.2, -0.15) is 38.2 Å². The number of hydrogen-bond donors (Lipinski definition) is 4. The SMILES string of the molecule is COCCOCCOCCOCCOCCN1/C(=C/C=C/C=C/C=C/C2=[N+](CCCCCC(C)=O)c3ccc(S(=O)(=O)O)cc3C2(C)CCCS(=O)(=O)O)C(C)(CCCS(=O)(=O)O)c2cc(S(=O)(=O)O)ccc21. The average molecular weight is 1100 g/mol. The summed E-state index contributed by atoms with van der Waals surface area (Å²) in [5.41, 5.74) is 1.66. The van der Waals surface area contributed by atoms with Crippen LogP contribution >= 0.6 is 0 Å². The Morgan fingerprint density at radius 2 is 1.12 bits per heavy atom. The highest BCUT2D eigenvalue weighted by Crippen LogP contribution is 2.51. The molecule has 0 bridgehead atoms. The van der Waals surface area contributed by atoms with Crippen LogP contribution in [0, 0.1) is 0 Å². The van der Waals surface area contributed by atoms with Crippen molar-refractivity contribution in [2.75, 3.05) is 96.1 Å². The average Bonchev–Trinajstić information content (AvgIpc) is 3.66. The lowest BCUT2D eigenvalue weighted by Gasteiger charge is -2.30. The number of carbonyl (C=O) groups excluding carboxylic acids is 1. The van der Waals surface area contributed by atoms with E-state index in [2.05, 4.69) is 0 Å². The van der Waals surface area contributed by atoms with Crippen LogP contribution in [0.3, 0.4) is 0 Å². The molecule has 0 aromatic heterocycles. The number of allylic oxidation sites excluding steroid dienone is 8. The van der Waals surface area contributed by atoms with Crippen LogP contribution < -0.4 is 4.90 Å². The maximum atomic E-state index is 12.4. The summed E-state index contributed by atoms with van der Waals surface area (Å²) < 4.78 is 165. The van der Waals surface area contributed by atoms with E-state index in [9.17, 15) is 56.7 Å². The number of nitrogens with zero attached hydrogens (tertiary/aromatic N) is 2. The molecule has 408 valence electrons. The van der Waals surface area contributed by atoms with Gasteiger partial charge in [0.25, 0.3) is 40.5 Å². The zero-order valence-electron chi connectivity index (χ0n) is 41.9. The molecule has 73 heavy (non-hydrogen) atoms. The van der Waals surface area contributed by atoms with E-state index >= 15 is 0 Å². The molecule has 20 nitrogen and oxygen atoms in total. The van der Waals surface area contributed by atoms with E-state index in [0.717, 1.165) is 6.42 Å². The lowest BCUT2D eigenvalue weighted by molar-refractivity contribution is -0.438. The molecular weight excluding hydrogens is 1030 g/mol. The predicted molar refractivity (Wildman–Crippen MR) is 275 cm³/mol. The van der Waals surface area contributed by atoms with Crippen LogP contribution in [0.4, 0.5) is 11.4 Å². The van der Waals surface area contributed by atoms with Crippen molar-refractivity contribution in [3.05, 3.63) is 95.8 Å². The second-order valence-electron chi connectivity index (χ2n) is 18.1. The number of fused-ring (bicyclic) bond motifs is 2. The van der Waals surface area contributed by atoms with Crippen LogP contribution in [-0.4, -0.2) is 159 Å². The molecule has 2 heterocycles. The summed E-state index contributed by atoms with van der Waals surface area (Å²) in [6.07, 6.45) is 15.2. The molecule has 4 N–H and O–H groups in total. The molecule has 0 saturated carbocycles. The Morgan fingerprint density at radius 1 is 0.616 bits per heavy atom. The van der Waals surface area contributed by atoms with E-state index < -0.39 is 62.8 Å². The first-order chi connectivity index (χ1) is 34.3. The minimum atomic E-state index is -4.63. The normalized spacial score (nSPS) is 19.1. The Morgan fingerprint density at radius 3 is 1.67 bits per heavy atom. The third-order valence-electron chi connectivity index (χ3n) is 12.5. The number of unbranched alkanes of at least 4 members (excludes halogenated alkanes) is 2. The van der Waals surface area contributed by atoms with Gasteiger partial charge in [0.2, 0.25) is 5.69 Å². The van der Waals surface area contributed by atoms with Crippen molar-refractivity contribution >= 4 is 63.3 Å². The van der Waals surface area contributed by atoms with Crippen molar-refractivity contribution < 1.29 is 84.9 Å². The molecule has 2 aliphatic heterocycles. The summed E-state index contributed by atoms with van der Waals surface area (Å²) in [6, 6.07) is 8.47. The van der Waals surface area contributed by atoms with Gasteiger partial charge in [0.1, 0.15) is 12.3 Å². The summed E-state index contributed by atoms with van der Waals surface area (Å²) >= 11 is 0. The molecule has 4 rings (SSSR count). The third kappa shape index (κ3) is 19.3. The van der Waals surface area contributed by atoms with Crippen LogP contribution in [0.5, 0.6) is 0 Å². The number of anilines is 1. The number of Topliss-reactive ketones (excluding diaryl/α,β-unsaturated/α-hetero) is 1. The highest BCUT2D eigenvalue weighted by atomic mass is 32.2. The minimum absolute atomic E-state index is 0.00680. The van der Waals surface area contributed by atoms with Crippen molar-refractivity contribution in [2.24, 2.45) is 0 Å². The summed E-state index contributed by atoms with van der Waals surface area (Å²) in [7, 11) is -16.3. The smallest absolute Gasteiger partial charge is 0.294 e. The van der Waals surface area contributed by atoms with Gasteiger partial charge < -0.3 is 33.4 Å². The number of rotatable bonds is 35. The van der Waals surface area contributed by atoms with Crippen molar-refractivity contribution in [1.82, 2.24) is 0 Å². The Labute approximate surface area is 430 Å². The highest BCUT2D eigenvalue weighted by molar-refractivity contribution is 7.86. The number of benzene rings is 2. The molecule has 0 fully saturated rings. The summed E-state index contributed by atoms with van der Waals surface area (Å²) in [4.78, 5) is 12.9. The molecule has 2 aromatic carbocycles. The van der Waals surface area contributed by atoms with Crippen molar-refractivity contribution in [3.63, 3.8) is 0 Å². The van der Waals surface area contributed by atoms with Crippen molar-refractivity contribution in [2.45, 2.75) is 92.8 Å². The van der Waals surface area contributed by atoms with Gasteiger partial charge in [-0.15, -0.1) is 0 Å². The number of methoxy groups -OCH3 is 1. The molecule has 2 atom stereocenters. The topological polar surface area (TPSA) is 287 Å². The van der Waals surface area contributed by atoms with Gasteiger partial charge in [0.15, 0.2) is 5.71 Å². The molecule has 2 aromatic rings. The second kappa shape index (κ2) is 28.2. The molecule has 24 heteroatoms. The van der Waals surface area contributed by atoms with E-state index in [1.165, 1.54) is 31.2 Å². The Bertz CT molecular complexity index is 2810. The van der Waals surface area contributed by atoms with Gasteiger partial charge in [0.05, 0.1) is 86.2 Å². The molecule has 2 unspecified atom stereocenters. The van der Waals surface area contributed by atoms with E-state index in [0.29, 0.717) is 99.4 Å². The van der Waals surface area contributed by atoms with E-state index in [-0.39, 0.29) is 67.6 Å². The monoisotopic (exact) mass is 1100 g/mol. The standard InChI is InChI=1S/C49H70N2O18S4/c1-39(52)15-9-8-12-24-50-44-20-18-40(72(59,60)61)37-42(44)48(2,22-13-35-70(53,54)55)46(50)16-10-6-5-7-11-17-47-49(3,23-14-36-71(56,57)58)43-38-41(73(62,63)64)19-21-45(43)51(47)25-26-66-29-30-68-33-34-69-32-31-67-28-27-65-4/h5-7,10-11,16-21,37-38H,8-9,12-15,22-36H2,1-4H3,(H3-,53,54,55,56,57,58,59,60,61,62,63,64)/p+1. The lowest BCUT2D eigenvalue weighted by atomic mass is 9.76. The first-order valence-corrected chi connectivity index (χ1v) is 30.0. The van der Waals surface area contributed by atoms with Gasteiger partial charge in [-0.1, -0.05) is 30.4 Å². The van der Waals surface area contributed by atoms with Gasteiger partial charge in [-0.05, 0) is 101 Å². The fourth-order valence-electron chi connectivity index (χ4n) is 8.97. The Kier molecular flexibility index (Phi) is 23.8. The largest absolute Gasteiger partial charge is 0.382 e. The molecule has 0 saturated heterocycles. The van der Waals surface area contributed by atoms with Gasteiger partial charge in [-0.3, -0.25) is 18.2 Å². The number of carbonyl (C=O) groups is 1. The molecule has 0 radical (unpaired) electrons. The molecule has 0 aliphatic carbocycles. The van der Waals surface area contributed by atoms with Crippen molar-refractivity contribution in [1.29, 1.82) is 0 Å². The first kappa shape index (κ1) is 61.5. The zero-order valence-corrected chi connectivity index (χ0v) is 45.2. The summed E-state index contributed by atoms with van der Waals surface area (Å²) in [6.45, 7) is 9.23. The Hall–Kier alpha value is -4.02. The van der Waals surface area contributed by atoms with Crippen molar-refractivity contribution in [3.8, 4) is 0 Å². The maximum absolute atomic E-state index is 12.4. The quantitative estimate of drug-likeness (QED) is 0.0264. The van der Waals surface area contributed by atoms with Gasteiger partial charge in [0, 0.05) is 61.0 Å². The first-order valence-electron chi connectivity index (χ1n) is 23.9. The molecule has 2 aliphatic rings. The van der Waals surface area contributed by atoms with Crippen LogP contribution in [0.2, 0.25) is 0 Å². The predicted octanol–water partition coefficient (Wildman–Crippen LogP) is 6.06. The van der Waals surface area contributed by atoms with Crippen LogP contribution in [-0.2, 0) is 79.8 Å².